The number of benzene rings is 1. The zero-order valence-corrected chi connectivity index (χ0v) is 16.9. The van der Waals surface area contributed by atoms with Crippen molar-refractivity contribution < 1.29 is 4.79 Å². The van der Waals surface area contributed by atoms with Gasteiger partial charge in [0.25, 0.3) is 0 Å². The van der Waals surface area contributed by atoms with Crippen molar-refractivity contribution in [3.8, 4) is 11.8 Å². The summed E-state index contributed by atoms with van der Waals surface area (Å²) < 4.78 is 0. The molecule has 1 aromatic carbocycles. The SMILES string of the molecule is O=C(CCC#CCN1CCCCCC1)N1c2ccccc2CNc2cccnc21. The Labute approximate surface area is 173 Å². The van der Waals surface area contributed by atoms with Crippen LogP contribution in [0.5, 0.6) is 0 Å². The molecule has 0 spiro atoms. The van der Waals surface area contributed by atoms with Crippen LogP contribution in [0.15, 0.2) is 42.6 Å². The highest BCUT2D eigenvalue weighted by Crippen LogP contribution is 2.36. The van der Waals surface area contributed by atoms with E-state index in [1.807, 2.05) is 30.3 Å². The van der Waals surface area contributed by atoms with Crippen molar-refractivity contribution >= 4 is 23.1 Å². The number of fused-ring (bicyclic) bond motifs is 2. The normalized spacial score (nSPS) is 16.3. The van der Waals surface area contributed by atoms with Gasteiger partial charge in [-0.15, -0.1) is 5.92 Å². The van der Waals surface area contributed by atoms with E-state index >= 15 is 0 Å². The van der Waals surface area contributed by atoms with Crippen LogP contribution >= 0.6 is 0 Å². The first kappa shape index (κ1) is 19.5. The molecule has 2 aliphatic heterocycles. The number of amides is 1. The number of rotatable bonds is 3. The maximum absolute atomic E-state index is 13.2. The number of hydrogen-bond acceptors (Lipinski definition) is 4. The Morgan fingerprint density at radius 2 is 1.86 bits per heavy atom. The molecule has 0 aliphatic carbocycles. The number of pyridine rings is 1. The molecule has 5 heteroatoms. The van der Waals surface area contributed by atoms with Crippen molar-refractivity contribution in [1.29, 1.82) is 0 Å². The van der Waals surface area contributed by atoms with Crippen molar-refractivity contribution in [2.45, 2.75) is 45.1 Å². The van der Waals surface area contributed by atoms with Crippen molar-refractivity contribution in [2.75, 3.05) is 29.9 Å². The standard InChI is InChI=1S/C24H28N4O/c29-23(14-4-3-9-18-27-16-7-1-2-8-17-27)28-22-13-6-5-11-20(22)19-26-21-12-10-15-25-24(21)28/h5-6,10-13,15,26H,1-2,4,7-8,14,16-19H2. The number of likely N-dealkylation sites (tertiary alicyclic amines) is 1. The van der Waals surface area contributed by atoms with E-state index in [0.29, 0.717) is 25.2 Å². The van der Waals surface area contributed by atoms with Crippen LogP contribution in [0.4, 0.5) is 17.2 Å². The lowest BCUT2D eigenvalue weighted by Gasteiger charge is -2.22. The summed E-state index contributed by atoms with van der Waals surface area (Å²) in [5.74, 6) is 7.18. The topological polar surface area (TPSA) is 48.5 Å². The molecule has 4 rings (SSSR count). The van der Waals surface area contributed by atoms with Gasteiger partial charge in [0.2, 0.25) is 5.91 Å². The minimum absolute atomic E-state index is 0.0326. The highest BCUT2D eigenvalue weighted by Gasteiger charge is 2.26. The lowest BCUT2D eigenvalue weighted by molar-refractivity contribution is -0.117. The maximum Gasteiger partial charge on any atom is 0.233 e. The molecule has 150 valence electrons. The summed E-state index contributed by atoms with van der Waals surface area (Å²) in [5.41, 5.74) is 2.87. The molecule has 2 aromatic rings. The van der Waals surface area contributed by atoms with Gasteiger partial charge >= 0.3 is 0 Å². The average Bonchev–Trinajstić information content (AvgIpc) is 3.11. The van der Waals surface area contributed by atoms with Gasteiger partial charge in [0.1, 0.15) is 0 Å². The minimum Gasteiger partial charge on any atom is -0.378 e. The first-order valence-corrected chi connectivity index (χ1v) is 10.6. The largest absolute Gasteiger partial charge is 0.378 e. The second kappa shape index (κ2) is 9.58. The number of hydrogen-bond donors (Lipinski definition) is 1. The van der Waals surface area contributed by atoms with Crippen molar-refractivity contribution in [3.63, 3.8) is 0 Å². The molecule has 0 bridgehead atoms. The number of aromatic nitrogens is 1. The monoisotopic (exact) mass is 388 g/mol. The molecular weight excluding hydrogens is 360 g/mol. The van der Waals surface area contributed by atoms with Crippen LogP contribution in [0, 0.1) is 11.8 Å². The zero-order valence-electron chi connectivity index (χ0n) is 16.9. The molecule has 1 aromatic heterocycles. The highest BCUT2D eigenvalue weighted by molar-refractivity contribution is 6.03. The Morgan fingerprint density at radius 3 is 2.72 bits per heavy atom. The summed E-state index contributed by atoms with van der Waals surface area (Å²) in [6.45, 7) is 3.78. The van der Waals surface area contributed by atoms with Crippen LogP contribution in [-0.4, -0.2) is 35.4 Å². The fourth-order valence-corrected chi connectivity index (χ4v) is 3.98. The molecule has 29 heavy (non-hydrogen) atoms. The molecular formula is C24H28N4O. The van der Waals surface area contributed by atoms with E-state index in [4.69, 9.17) is 0 Å². The summed E-state index contributed by atoms with van der Waals surface area (Å²) in [5, 5.41) is 3.39. The van der Waals surface area contributed by atoms with Gasteiger partial charge in [0.05, 0.1) is 17.9 Å². The quantitative estimate of drug-likeness (QED) is 0.795. The van der Waals surface area contributed by atoms with E-state index in [1.165, 1.54) is 25.7 Å². The molecule has 0 atom stereocenters. The summed E-state index contributed by atoms with van der Waals surface area (Å²) in [6, 6.07) is 11.9. The van der Waals surface area contributed by atoms with E-state index in [2.05, 4.69) is 33.1 Å². The van der Waals surface area contributed by atoms with Crippen LogP contribution in [0.2, 0.25) is 0 Å². The van der Waals surface area contributed by atoms with Gasteiger partial charge in [0, 0.05) is 25.6 Å². The number of nitrogens with zero attached hydrogens (tertiary/aromatic N) is 3. The highest BCUT2D eigenvalue weighted by atomic mass is 16.2. The summed E-state index contributed by atoms with van der Waals surface area (Å²) in [6.07, 6.45) is 7.90. The fraction of sp³-hybridized carbons (Fsp3) is 0.417. The van der Waals surface area contributed by atoms with Crippen LogP contribution in [0.3, 0.4) is 0 Å². The molecule has 3 heterocycles. The van der Waals surface area contributed by atoms with E-state index in [1.54, 1.807) is 11.1 Å². The number of anilines is 3. The molecule has 1 fully saturated rings. The first-order chi connectivity index (χ1) is 14.3. The molecule has 1 N–H and O–H groups in total. The van der Waals surface area contributed by atoms with Crippen molar-refractivity contribution in [1.82, 2.24) is 9.88 Å². The number of carbonyl (C=O) groups is 1. The van der Waals surface area contributed by atoms with E-state index < -0.39 is 0 Å². The third-order valence-corrected chi connectivity index (χ3v) is 5.54. The Kier molecular flexibility index (Phi) is 6.43. The van der Waals surface area contributed by atoms with E-state index in [9.17, 15) is 4.79 Å². The maximum atomic E-state index is 13.2. The van der Waals surface area contributed by atoms with Gasteiger partial charge in [-0.25, -0.2) is 4.98 Å². The average molecular weight is 389 g/mol. The van der Waals surface area contributed by atoms with Crippen molar-refractivity contribution in [2.24, 2.45) is 0 Å². The molecule has 0 radical (unpaired) electrons. The smallest absolute Gasteiger partial charge is 0.233 e. The van der Waals surface area contributed by atoms with Gasteiger partial charge in [-0.2, -0.15) is 0 Å². The predicted molar refractivity (Wildman–Crippen MR) is 117 cm³/mol. The second-order valence-corrected chi connectivity index (χ2v) is 7.63. The van der Waals surface area contributed by atoms with Crippen LogP contribution in [-0.2, 0) is 11.3 Å². The molecule has 1 saturated heterocycles. The summed E-state index contributed by atoms with van der Waals surface area (Å²) in [7, 11) is 0. The fourth-order valence-electron chi connectivity index (χ4n) is 3.98. The van der Waals surface area contributed by atoms with Crippen molar-refractivity contribution in [3.05, 3.63) is 48.2 Å². The number of para-hydroxylation sites is 1. The van der Waals surface area contributed by atoms with Gasteiger partial charge in [-0.05, 0) is 49.7 Å². The lowest BCUT2D eigenvalue weighted by atomic mass is 10.1. The summed E-state index contributed by atoms with van der Waals surface area (Å²) >= 11 is 0. The Bertz CT molecular complexity index is 859. The van der Waals surface area contributed by atoms with Crippen LogP contribution < -0.4 is 10.2 Å². The molecule has 0 saturated carbocycles. The lowest BCUT2D eigenvalue weighted by Crippen LogP contribution is -2.27. The van der Waals surface area contributed by atoms with Crippen LogP contribution in [0.1, 0.15) is 44.1 Å². The first-order valence-electron chi connectivity index (χ1n) is 10.6. The minimum atomic E-state index is 0.0326. The Balaban J connectivity index is 1.44. The molecule has 2 aliphatic rings. The Morgan fingerprint density at radius 1 is 1.03 bits per heavy atom. The number of carbonyl (C=O) groups excluding carboxylic acids is 1. The van der Waals surface area contributed by atoms with Gasteiger partial charge in [-0.1, -0.05) is 37.0 Å². The van der Waals surface area contributed by atoms with E-state index in [0.717, 1.165) is 36.6 Å². The number of nitrogens with one attached hydrogen (secondary N) is 1. The third kappa shape index (κ3) is 4.78. The van der Waals surface area contributed by atoms with Gasteiger partial charge in [-0.3, -0.25) is 14.6 Å². The Hall–Kier alpha value is -2.84. The van der Waals surface area contributed by atoms with E-state index in [-0.39, 0.29) is 5.91 Å². The third-order valence-electron chi connectivity index (χ3n) is 5.54. The van der Waals surface area contributed by atoms with Gasteiger partial charge in [0.15, 0.2) is 5.82 Å². The summed E-state index contributed by atoms with van der Waals surface area (Å²) in [4.78, 5) is 21.8. The molecule has 0 unspecified atom stereocenters. The second-order valence-electron chi connectivity index (χ2n) is 7.63. The molecule has 5 nitrogen and oxygen atoms in total. The van der Waals surface area contributed by atoms with Gasteiger partial charge < -0.3 is 5.32 Å². The predicted octanol–water partition coefficient (Wildman–Crippen LogP) is 4.33. The van der Waals surface area contributed by atoms with Crippen LogP contribution in [0.25, 0.3) is 0 Å². The molecule has 1 amide bonds. The zero-order chi connectivity index (χ0) is 19.9.